The van der Waals surface area contributed by atoms with Crippen molar-refractivity contribution in [1.29, 1.82) is 0 Å². The predicted octanol–water partition coefficient (Wildman–Crippen LogP) is 4.94. The van der Waals surface area contributed by atoms with E-state index in [0.717, 1.165) is 37.4 Å². The Morgan fingerprint density at radius 3 is 1.59 bits per heavy atom. The van der Waals surface area contributed by atoms with Crippen LogP contribution in [-0.4, -0.2) is 109 Å². The zero-order valence-electron chi connectivity index (χ0n) is 37.1. The molecule has 0 bridgehead atoms. The maximum Gasteiger partial charge on any atom is 0.302 e. The monoisotopic (exact) mass is 999 g/mol. The number of nitrogen functional groups attached to an aromatic ring is 3. The summed E-state index contributed by atoms with van der Waals surface area (Å²) in [4.78, 5) is 60.3. The van der Waals surface area contributed by atoms with E-state index in [0.29, 0.717) is 114 Å². The molecule has 0 aliphatic carbocycles. The molecule has 27 heteroatoms. The largest absolute Gasteiger partial charge is 0.466 e. The second-order valence-corrected chi connectivity index (χ2v) is 17.2. The third kappa shape index (κ3) is 11.4. The van der Waals surface area contributed by atoms with Crippen molar-refractivity contribution in [3.8, 4) is 23.0 Å². The van der Waals surface area contributed by atoms with Crippen LogP contribution in [0.3, 0.4) is 0 Å². The van der Waals surface area contributed by atoms with Crippen molar-refractivity contribution in [2.45, 2.75) is 72.8 Å². The molecule has 0 atom stereocenters. The van der Waals surface area contributed by atoms with Gasteiger partial charge in [-0.3, -0.25) is 9.59 Å². The van der Waals surface area contributed by atoms with Crippen molar-refractivity contribution in [1.82, 2.24) is 58.6 Å². The number of nitrogens with one attached hydrogen (secondary N) is 1. The first-order valence-electron chi connectivity index (χ1n) is 21.1. The number of hydrogen-bond donors (Lipinski definition) is 5. The molecule has 69 heavy (non-hydrogen) atoms. The van der Waals surface area contributed by atoms with Gasteiger partial charge < -0.3 is 69.4 Å². The molecule has 6 aromatic heterocycles. The van der Waals surface area contributed by atoms with Crippen LogP contribution in [0.4, 0.5) is 17.5 Å². The molecule has 2 aromatic carbocycles. The summed E-state index contributed by atoms with van der Waals surface area (Å²) in [7, 11) is 0. The number of benzene rings is 2. The lowest BCUT2D eigenvalue weighted by molar-refractivity contribution is -0.142. The molecule has 2 aliphatic heterocycles. The van der Waals surface area contributed by atoms with Crippen LogP contribution < -0.4 is 36.1 Å². The maximum absolute atomic E-state index is 11.0. The summed E-state index contributed by atoms with van der Waals surface area (Å²) in [6.07, 6.45) is 6.11. The Bertz CT molecular complexity index is 3200. The number of esters is 2. The van der Waals surface area contributed by atoms with Crippen LogP contribution in [0.5, 0.6) is 23.0 Å². The molecular formula is C42H45N15O9S3. The van der Waals surface area contributed by atoms with E-state index < -0.39 is 0 Å². The molecule has 0 fully saturated rings. The number of ether oxygens (including phenoxy) is 6. The van der Waals surface area contributed by atoms with E-state index in [1.807, 2.05) is 50.1 Å². The van der Waals surface area contributed by atoms with E-state index in [1.54, 1.807) is 0 Å². The molecule has 2 aliphatic rings. The van der Waals surface area contributed by atoms with Crippen molar-refractivity contribution in [2.24, 2.45) is 0 Å². The number of nitrogens with zero attached hydrogens (tertiary/aromatic N) is 11. The second-order valence-electron chi connectivity index (χ2n) is 14.7. The number of carbonyl (C=O) groups is 2. The molecule has 24 nitrogen and oxygen atoms in total. The van der Waals surface area contributed by atoms with Gasteiger partial charge in [0.05, 0.1) is 13.2 Å². The van der Waals surface area contributed by atoms with Crippen LogP contribution in [0.15, 0.2) is 75.5 Å². The Balaban J connectivity index is 0.000000142. The topological polar surface area (TPSA) is 322 Å². The number of nitrogens with two attached hydrogens (primary N) is 3. The van der Waals surface area contributed by atoms with E-state index in [2.05, 4.69) is 44.9 Å². The molecule has 10 rings (SSSR count). The highest BCUT2D eigenvalue weighted by molar-refractivity contribution is 7.99. The van der Waals surface area contributed by atoms with Crippen LogP contribution in [0, 0.1) is 4.77 Å². The minimum Gasteiger partial charge on any atom is -0.466 e. The minimum absolute atomic E-state index is 0.0916. The lowest BCUT2D eigenvalue weighted by Gasteiger charge is -2.09. The molecule has 0 spiro atoms. The fourth-order valence-electron chi connectivity index (χ4n) is 6.82. The first-order valence-corrected chi connectivity index (χ1v) is 23.2. The van der Waals surface area contributed by atoms with Gasteiger partial charge in [-0.1, -0.05) is 23.5 Å². The lowest BCUT2D eigenvalue weighted by Crippen LogP contribution is -2.07. The van der Waals surface area contributed by atoms with E-state index in [-0.39, 0.29) is 32.1 Å². The number of aromatic nitrogens is 12. The number of anilines is 3. The van der Waals surface area contributed by atoms with Crippen LogP contribution in [-0.2, 0) is 38.7 Å². The molecule has 0 saturated carbocycles. The zero-order chi connectivity index (χ0) is 48.4. The number of H-pyrrole nitrogens is 1. The van der Waals surface area contributed by atoms with Crippen molar-refractivity contribution in [3.05, 3.63) is 60.2 Å². The molecular weight excluding hydrogens is 955 g/mol. The van der Waals surface area contributed by atoms with Gasteiger partial charge in [-0.15, -0.1) is 0 Å². The van der Waals surface area contributed by atoms with Gasteiger partial charge in [0, 0.05) is 49.9 Å². The third-order valence-corrected chi connectivity index (χ3v) is 12.2. The van der Waals surface area contributed by atoms with Gasteiger partial charge in [0.25, 0.3) is 0 Å². The summed E-state index contributed by atoms with van der Waals surface area (Å²) in [5.41, 5.74) is 21.3. The van der Waals surface area contributed by atoms with Crippen molar-refractivity contribution < 1.29 is 43.1 Å². The van der Waals surface area contributed by atoms with E-state index in [9.17, 15) is 9.59 Å². The maximum atomic E-state index is 11.0. The molecule has 360 valence electrons. The minimum atomic E-state index is -0.299. The Labute approximate surface area is 405 Å². The fourth-order valence-corrected chi connectivity index (χ4v) is 8.97. The van der Waals surface area contributed by atoms with Crippen molar-refractivity contribution in [2.75, 3.05) is 50.6 Å². The number of fused-ring (bicyclic) bond motifs is 5. The van der Waals surface area contributed by atoms with Gasteiger partial charge in [0.1, 0.15) is 24.5 Å². The zero-order valence-corrected chi connectivity index (χ0v) is 39.5. The van der Waals surface area contributed by atoms with Crippen molar-refractivity contribution >= 4 is 98.6 Å². The molecule has 0 radical (unpaired) electrons. The molecule has 0 unspecified atom stereocenters. The van der Waals surface area contributed by atoms with Crippen LogP contribution in [0.1, 0.15) is 33.1 Å². The summed E-state index contributed by atoms with van der Waals surface area (Å²) in [6, 6.07) is 11.5. The highest BCUT2D eigenvalue weighted by atomic mass is 32.2. The second kappa shape index (κ2) is 22.1. The van der Waals surface area contributed by atoms with Gasteiger partial charge in [-0.25, -0.2) is 39.9 Å². The standard InChI is InChI=1S/C17H17N5O4S.C15H15N5O3S.C10H13N5O2S/c1-10(23)24-6-2-5-22-16-14(15(18)19-8-20-16)21-17(22)27-11-3-4-12-13(7-11)26-9-25-12;16-13-12-14(18-7-17-13)20(4-1-5-21)15(19-12)24-9-2-3-10-11(6-9)23-8-22-10;1-6(16)17-4-2-3-15-9-7(14-10(15)18)8(11)12-5-13-9/h3-4,7-8H,2,5-6,9H2,1H3,(H2,18,19,20);2-3,6-7,21H,1,4-5,8H2,(H2,16,17,18);5H,2-4H2,1H3,(H,14,18)(H2,11,12,13). The molecule has 0 amide bonds. The number of carbonyl (C=O) groups excluding carboxylic acids is 2. The van der Waals surface area contributed by atoms with Gasteiger partial charge in [0.15, 0.2) is 83.5 Å². The Hall–Kier alpha value is -7.49. The highest BCUT2D eigenvalue weighted by Crippen LogP contribution is 2.40. The normalized spacial score (nSPS) is 12.2. The summed E-state index contributed by atoms with van der Waals surface area (Å²) in [5.74, 6) is 3.34. The number of aliphatic hydroxyl groups is 1. The summed E-state index contributed by atoms with van der Waals surface area (Å²) in [6.45, 7) is 5.77. The Morgan fingerprint density at radius 2 is 1.10 bits per heavy atom. The molecule has 8 aromatic rings. The summed E-state index contributed by atoms with van der Waals surface area (Å²) >= 11 is 8.13. The number of hydrogen-bond acceptors (Lipinski definition) is 23. The Kier molecular flexibility index (Phi) is 15.4. The smallest absolute Gasteiger partial charge is 0.302 e. The van der Waals surface area contributed by atoms with Crippen molar-refractivity contribution in [3.63, 3.8) is 0 Å². The van der Waals surface area contributed by atoms with Gasteiger partial charge in [-0.2, -0.15) is 0 Å². The SMILES string of the molecule is CC(=O)OCCCn1c(=S)[nH]c2c(N)ncnc21.CC(=O)OCCCn1c(Sc2ccc3c(c2)OCO3)nc2c(N)ncnc21.Nc1ncnc2c1nc(Sc1ccc3c(c1)OCO3)n2CCCO. The van der Waals surface area contributed by atoms with Gasteiger partial charge in [0.2, 0.25) is 13.6 Å². The van der Waals surface area contributed by atoms with E-state index in [1.165, 1.54) is 56.4 Å². The van der Waals surface area contributed by atoms with Gasteiger partial charge >= 0.3 is 11.9 Å². The van der Waals surface area contributed by atoms with Gasteiger partial charge in [-0.05, 0) is 67.9 Å². The fraction of sp³-hybridized carbons (Fsp3) is 0.310. The summed E-state index contributed by atoms with van der Waals surface area (Å²) < 4.78 is 37.6. The quantitative estimate of drug-likeness (QED) is 0.0516. The summed E-state index contributed by atoms with van der Waals surface area (Å²) in [5, 5.41) is 10.6. The van der Waals surface area contributed by atoms with Crippen LogP contribution in [0.25, 0.3) is 33.5 Å². The van der Waals surface area contributed by atoms with E-state index >= 15 is 0 Å². The van der Waals surface area contributed by atoms with Crippen LogP contribution in [0.2, 0.25) is 0 Å². The molecule has 8 heterocycles. The first kappa shape index (κ1) is 48.0. The first-order chi connectivity index (χ1) is 33.5. The Morgan fingerprint density at radius 1 is 0.652 bits per heavy atom. The van der Waals surface area contributed by atoms with E-state index in [4.69, 9.17) is 62.9 Å². The average Bonchev–Trinajstić information content (AvgIpc) is 4.18. The third-order valence-electron chi connectivity index (χ3n) is 9.95. The number of rotatable bonds is 15. The average molecular weight is 1000 g/mol. The lowest BCUT2D eigenvalue weighted by atomic mass is 10.3. The highest BCUT2D eigenvalue weighted by Gasteiger charge is 2.21. The number of aliphatic hydroxyl groups excluding tert-OH is 1. The number of imidazole rings is 3. The predicted molar refractivity (Wildman–Crippen MR) is 254 cm³/mol. The molecule has 0 saturated heterocycles. The molecule has 8 N–H and O–H groups in total. The number of aryl methyl sites for hydroxylation is 3. The van der Waals surface area contributed by atoms with Crippen LogP contribution >= 0.6 is 35.7 Å². The number of aromatic amines is 1.